The molecule has 0 radical (unpaired) electrons. The van der Waals surface area contributed by atoms with Crippen molar-refractivity contribution in [3.8, 4) is 0 Å². The molecule has 1 heterocycles. The minimum Gasteiger partial charge on any atom is -0.340 e. The lowest BCUT2D eigenvalue weighted by Gasteiger charge is -2.20. The van der Waals surface area contributed by atoms with Gasteiger partial charge >= 0.3 is 13.3 Å². The fourth-order valence-corrected chi connectivity index (χ4v) is 4.17. The van der Waals surface area contributed by atoms with Gasteiger partial charge in [0.15, 0.2) is 0 Å². The van der Waals surface area contributed by atoms with Crippen LogP contribution >= 0.6 is 23.5 Å². The van der Waals surface area contributed by atoms with Gasteiger partial charge in [0.25, 0.3) is 0 Å². The fraction of sp³-hybridized carbons (Fsp3) is 0.176. The quantitative estimate of drug-likeness (QED) is 0.545. The van der Waals surface area contributed by atoms with Crippen molar-refractivity contribution < 1.29 is 27.5 Å². The number of aryl methyl sites for hydroxylation is 1. The van der Waals surface area contributed by atoms with Crippen LogP contribution in [0.1, 0.15) is 16.8 Å². The van der Waals surface area contributed by atoms with Crippen LogP contribution in [-0.4, -0.2) is 14.4 Å². The van der Waals surface area contributed by atoms with Crippen LogP contribution in [-0.2, 0) is 16.8 Å². The topological polar surface area (TPSA) is 62.5 Å². The van der Waals surface area contributed by atoms with Crippen molar-refractivity contribution in [2.45, 2.75) is 19.1 Å². The van der Waals surface area contributed by atoms with E-state index < -0.39 is 18.8 Å². The summed E-state index contributed by atoms with van der Waals surface area (Å²) in [5, 5.41) is 0.728. The zero-order valence-corrected chi connectivity index (χ0v) is 15.9. The van der Waals surface area contributed by atoms with E-state index in [1.807, 2.05) is 17.6 Å². The summed E-state index contributed by atoms with van der Waals surface area (Å²) in [7, 11) is -5.64. The van der Waals surface area contributed by atoms with E-state index in [4.69, 9.17) is 9.79 Å². The Bertz CT molecular complexity index is 1050. The molecule has 0 saturated heterocycles. The smallest absolute Gasteiger partial charge is 0.340 e. The summed E-state index contributed by atoms with van der Waals surface area (Å²) < 4.78 is 54.0. The molecule has 0 amide bonds. The molecule has 0 saturated carbocycles. The molecular formula is C17H14BrF3NO3P. The molecule has 26 heavy (non-hydrogen) atoms. The van der Waals surface area contributed by atoms with Gasteiger partial charge in [-0.05, 0) is 42.8 Å². The Kier molecular flexibility index (Phi) is 4.82. The number of alkyl halides is 2. The largest absolute Gasteiger partial charge is 0.399 e. The van der Waals surface area contributed by atoms with E-state index >= 15 is 0 Å². The Balaban J connectivity index is 1.99. The molecule has 3 rings (SSSR count). The Hall–Kier alpha value is -1.60. The second-order valence-corrected chi connectivity index (χ2v) is 8.48. The Morgan fingerprint density at radius 1 is 1.15 bits per heavy atom. The average molecular weight is 448 g/mol. The first kappa shape index (κ1) is 19.2. The van der Waals surface area contributed by atoms with E-state index in [0.717, 1.165) is 22.7 Å². The highest BCUT2D eigenvalue weighted by atomic mass is 79.9. The van der Waals surface area contributed by atoms with E-state index in [0.29, 0.717) is 12.1 Å². The van der Waals surface area contributed by atoms with Crippen LogP contribution in [0.15, 0.2) is 46.9 Å². The van der Waals surface area contributed by atoms with Gasteiger partial charge in [-0.2, -0.15) is 8.78 Å². The summed E-state index contributed by atoms with van der Waals surface area (Å²) >= 11 is 2.98. The SMILES string of the molecule is Cc1cc2cc(F)ccc2n1Cc1ccc(C(F)(F)P(=O)(O)O)c(Br)c1. The maximum absolute atomic E-state index is 13.9. The van der Waals surface area contributed by atoms with Crippen LogP contribution < -0.4 is 0 Å². The number of aromatic nitrogens is 1. The maximum Gasteiger partial charge on any atom is 0.399 e. The lowest BCUT2D eigenvalue weighted by Crippen LogP contribution is -2.15. The molecule has 3 aromatic rings. The van der Waals surface area contributed by atoms with Crippen molar-refractivity contribution in [3.05, 3.63) is 69.6 Å². The van der Waals surface area contributed by atoms with Gasteiger partial charge < -0.3 is 14.4 Å². The predicted octanol–water partition coefficient (Wildman–Crippen LogP) is 5.13. The van der Waals surface area contributed by atoms with Crippen LogP contribution in [0.3, 0.4) is 0 Å². The number of hydrogen-bond donors (Lipinski definition) is 2. The highest BCUT2D eigenvalue weighted by Gasteiger charge is 2.51. The molecule has 0 spiro atoms. The van der Waals surface area contributed by atoms with Crippen molar-refractivity contribution in [3.63, 3.8) is 0 Å². The minimum absolute atomic E-state index is 0.0940. The van der Waals surface area contributed by atoms with Gasteiger partial charge in [-0.15, -0.1) is 0 Å². The monoisotopic (exact) mass is 447 g/mol. The van der Waals surface area contributed by atoms with Crippen LogP contribution in [0, 0.1) is 12.7 Å². The Morgan fingerprint density at radius 2 is 1.85 bits per heavy atom. The van der Waals surface area contributed by atoms with E-state index in [9.17, 15) is 17.7 Å². The Morgan fingerprint density at radius 3 is 2.46 bits per heavy atom. The third-order valence-electron chi connectivity index (χ3n) is 4.13. The van der Waals surface area contributed by atoms with Crippen LogP contribution in [0.2, 0.25) is 0 Å². The zero-order chi connectivity index (χ0) is 19.3. The molecule has 0 bridgehead atoms. The fourth-order valence-electron chi connectivity index (χ4n) is 2.83. The molecule has 0 aliphatic rings. The van der Waals surface area contributed by atoms with E-state index in [1.54, 1.807) is 6.07 Å². The van der Waals surface area contributed by atoms with Crippen molar-refractivity contribution in [1.29, 1.82) is 0 Å². The molecule has 9 heteroatoms. The molecule has 0 aliphatic carbocycles. The normalized spacial score (nSPS) is 12.7. The summed E-state index contributed by atoms with van der Waals surface area (Å²) in [5.74, 6) is -0.346. The maximum atomic E-state index is 13.9. The molecule has 2 N–H and O–H groups in total. The van der Waals surface area contributed by atoms with E-state index in [1.165, 1.54) is 24.3 Å². The first-order valence-corrected chi connectivity index (χ1v) is 9.89. The van der Waals surface area contributed by atoms with Gasteiger partial charge in [0.2, 0.25) is 0 Å². The molecule has 1 aromatic heterocycles. The zero-order valence-electron chi connectivity index (χ0n) is 13.5. The lowest BCUT2D eigenvalue weighted by atomic mass is 10.1. The van der Waals surface area contributed by atoms with E-state index in [-0.39, 0.29) is 10.3 Å². The van der Waals surface area contributed by atoms with Gasteiger partial charge in [-0.25, -0.2) is 4.39 Å². The van der Waals surface area contributed by atoms with Gasteiger partial charge in [-0.3, -0.25) is 4.57 Å². The summed E-state index contributed by atoms with van der Waals surface area (Å²) in [4.78, 5) is 17.8. The first-order valence-electron chi connectivity index (χ1n) is 7.48. The number of hydrogen-bond acceptors (Lipinski definition) is 1. The predicted molar refractivity (Wildman–Crippen MR) is 95.8 cm³/mol. The molecule has 138 valence electrons. The number of benzene rings is 2. The van der Waals surface area contributed by atoms with Crippen LogP contribution in [0.25, 0.3) is 10.9 Å². The van der Waals surface area contributed by atoms with Gasteiger partial charge in [0.1, 0.15) is 5.82 Å². The van der Waals surface area contributed by atoms with Gasteiger partial charge in [-0.1, -0.05) is 28.1 Å². The summed E-state index contributed by atoms with van der Waals surface area (Å²) in [6.07, 6.45) is 0. The first-order chi connectivity index (χ1) is 12.0. The van der Waals surface area contributed by atoms with Crippen LogP contribution in [0.4, 0.5) is 13.2 Å². The van der Waals surface area contributed by atoms with Crippen molar-refractivity contribution >= 4 is 34.4 Å². The van der Waals surface area contributed by atoms with Gasteiger partial charge in [0.05, 0.1) is 0 Å². The molecule has 2 aromatic carbocycles. The highest BCUT2D eigenvalue weighted by molar-refractivity contribution is 9.10. The number of rotatable bonds is 4. The van der Waals surface area contributed by atoms with Crippen molar-refractivity contribution in [1.82, 2.24) is 4.57 Å². The second kappa shape index (κ2) is 6.53. The van der Waals surface area contributed by atoms with Crippen molar-refractivity contribution in [2.24, 2.45) is 0 Å². The average Bonchev–Trinajstić information content (AvgIpc) is 2.81. The lowest BCUT2D eigenvalue weighted by molar-refractivity contribution is 0.0557. The number of halogens is 4. The Labute approximate surface area is 155 Å². The molecule has 4 nitrogen and oxygen atoms in total. The third kappa shape index (κ3) is 3.34. The number of nitrogens with zero attached hydrogens (tertiary/aromatic N) is 1. The second-order valence-electron chi connectivity index (χ2n) is 5.97. The van der Waals surface area contributed by atoms with Gasteiger partial charge in [0, 0.05) is 33.2 Å². The molecule has 0 unspecified atom stereocenters. The number of fused-ring (bicyclic) bond motifs is 1. The summed E-state index contributed by atoms with van der Waals surface area (Å²) in [6.45, 7) is 2.19. The third-order valence-corrected chi connectivity index (χ3v) is 5.76. The molecular weight excluding hydrogens is 434 g/mol. The van der Waals surface area contributed by atoms with Crippen LogP contribution in [0.5, 0.6) is 0 Å². The van der Waals surface area contributed by atoms with Crippen molar-refractivity contribution in [2.75, 3.05) is 0 Å². The summed E-state index contributed by atoms with van der Waals surface area (Å²) in [6, 6.07) is 10.0. The standard InChI is InChI=1S/C17H14BrF3NO3P/c1-10-6-12-8-13(19)3-5-16(12)22(10)9-11-2-4-14(15(18)7-11)17(20,21)26(23,24)25/h2-8H,9H2,1H3,(H2,23,24,25). The molecule has 0 atom stereocenters. The molecule has 0 aliphatic heterocycles. The minimum atomic E-state index is -5.64. The molecule has 0 fully saturated rings. The van der Waals surface area contributed by atoms with E-state index in [2.05, 4.69) is 15.9 Å². The summed E-state index contributed by atoms with van der Waals surface area (Å²) in [5.41, 5.74) is -2.74. The highest BCUT2D eigenvalue weighted by Crippen LogP contribution is 2.60.